The normalized spacial score (nSPS) is 22.8. The first-order valence-electron chi connectivity index (χ1n) is 4.93. The smallest absolute Gasteiger partial charge is 0.152 e. The number of nitrogens with two attached hydrogens (primary N) is 1. The Morgan fingerprint density at radius 1 is 1.40 bits per heavy atom. The van der Waals surface area contributed by atoms with Crippen LogP contribution in [0.25, 0.3) is 0 Å². The lowest BCUT2D eigenvalue weighted by Crippen LogP contribution is -2.40. The number of rotatable bonds is 4. The van der Waals surface area contributed by atoms with Crippen molar-refractivity contribution in [3.8, 4) is 0 Å². The summed E-state index contributed by atoms with van der Waals surface area (Å²) in [5.74, 6) is 0.715. The van der Waals surface area contributed by atoms with E-state index in [1.807, 2.05) is 0 Å². The van der Waals surface area contributed by atoms with Crippen LogP contribution in [0.3, 0.4) is 0 Å². The summed E-state index contributed by atoms with van der Waals surface area (Å²) in [6, 6.07) is 0. The average Bonchev–Trinajstić information content (AvgIpc) is 2.20. The monoisotopic (exact) mass is 235 g/mol. The van der Waals surface area contributed by atoms with Crippen molar-refractivity contribution in [3.05, 3.63) is 0 Å². The lowest BCUT2D eigenvalue weighted by atomic mass is 10.2. The molecule has 0 atom stereocenters. The van der Waals surface area contributed by atoms with E-state index in [-0.39, 0.29) is 17.3 Å². The largest absolute Gasteiger partial charge is 0.409 e. The number of nitrogens with zero attached hydrogens (tertiary/aromatic N) is 2. The maximum Gasteiger partial charge on any atom is 0.152 e. The van der Waals surface area contributed by atoms with Crippen LogP contribution in [0, 0.1) is 0 Å². The lowest BCUT2D eigenvalue weighted by molar-refractivity contribution is 0.291. The first-order chi connectivity index (χ1) is 7.03. The highest BCUT2D eigenvalue weighted by Crippen LogP contribution is 2.04. The lowest BCUT2D eigenvalue weighted by Gasteiger charge is -2.26. The molecule has 1 aliphatic rings. The second-order valence-electron chi connectivity index (χ2n) is 3.69. The molecule has 0 aromatic rings. The topological polar surface area (TPSA) is 96.0 Å². The zero-order valence-corrected chi connectivity index (χ0v) is 9.41. The number of hydrogen-bond acceptors (Lipinski definition) is 5. The van der Waals surface area contributed by atoms with Crippen LogP contribution in [-0.4, -0.2) is 55.5 Å². The Morgan fingerprint density at radius 3 is 2.53 bits per heavy atom. The molecule has 0 aliphatic carbocycles. The van der Waals surface area contributed by atoms with Crippen LogP contribution in [0.15, 0.2) is 5.16 Å². The van der Waals surface area contributed by atoms with E-state index in [0.717, 1.165) is 13.0 Å². The van der Waals surface area contributed by atoms with Gasteiger partial charge in [0.2, 0.25) is 0 Å². The van der Waals surface area contributed by atoms with Gasteiger partial charge in [-0.05, 0) is 13.0 Å². The third-order valence-corrected chi connectivity index (χ3v) is 4.08. The standard InChI is InChI=1S/C8H17N3O3S/c9-8(10-12)2-1-3-11-4-6-15(13,14)7-5-11/h12H,1-7H2,(H2,9,10). The predicted octanol–water partition coefficient (Wildman–Crippen LogP) is -0.757. The van der Waals surface area contributed by atoms with E-state index in [4.69, 9.17) is 10.9 Å². The van der Waals surface area contributed by atoms with Crippen molar-refractivity contribution in [2.24, 2.45) is 10.9 Å². The van der Waals surface area contributed by atoms with Crippen LogP contribution < -0.4 is 5.73 Å². The molecule has 0 spiro atoms. The molecule has 88 valence electrons. The van der Waals surface area contributed by atoms with Gasteiger partial charge in [-0.1, -0.05) is 5.16 Å². The highest BCUT2D eigenvalue weighted by atomic mass is 32.2. The van der Waals surface area contributed by atoms with E-state index in [1.54, 1.807) is 0 Å². The summed E-state index contributed by atoms with van der Waals surface area (Å²) in [4.78, 5) is 2.09. The minimum atomic E-state index is -2.79. The Morgan fingerprint density at radius 2 is 2.00 bits per heavy atom. The van der Waals surface area contributed by atoms with Crippen LogP contribution in [0.4, 0.5) is 0 Å². The molecule has 3 N–H and O–H groups in total. The van der Waals surface area contributed by atoms with Gasteiger partial charge in [0, 0.05) is 19.5 Å². The molecule has 1 rings (SSSR count). The Hall–Kier alpha value is -0.820. The van der Waals surface area contributed by atoms with Crippen molar-refractivity contribution in [1.82, 2.24) is 4.90 Å². The summed E-state index contributed by atoms with van der Waals surface area (Å²) in [6.07, 6.45) is 1.33. The van der Waals surface area contributed by atoms with Gasteiger partial charge in [0.15, 0.2) is 9.84 Å². The van der Waals surface area contributed by atoms with Crippen LogP contribution in [0.2, 0.25) is 0 Å². The van der Waals surface area contributed by atoms with E-state index >= 15 is 0 Å². The molecule has 0 aromatic carbocycles. The van der Waals surface area contributed by atoms with E-state index in [1.165, 1.54) is 0 Å². The molecule has 0 saturated carbocycles. The van der Waals surface area contributed by atoms with Gasteiger partial charge in [-0.3, -0.25) is 0 Å². The van der Waals surface area contributed by atoms with Gasteiger partial charge in [-0.25, -0.2) is 8.42 Å². The minimum absolute atomic E-state index is 0.222. The second kappa shape index (κ2) is 5.32. The molecule has 0 aromatic heterocycles. The summed E-state index contributed by atoms with van der Waals surface area (Å²) < 4.78 is 22.3. The zero-order valence-electron chi connectivity index (χ0n) is 8.59. The second-order valence-corrected chi connectivity index (χ2v) is 5.99. The van der Waals surface area contributed by atoms with Crippen LogP contribution >= 0.6 is 0 Å². The van der Waals surface area contributed by atoms with Gasteiger partial charge in [0.25, 0.3) is 0 Å². The molecule has 0 radical (unpaired) electrons. The first-order valence-corrected chi connectivity index (χ1v) is 6.75. The number of hydrogen-bond donors (Lipinski definition) is 2. The number of oxime groups is 1. The Kier molecular flexibility index (Phi) is 4.34. The number of sulfone groups is 1. The average molecular weight is 235 g/mol. The molecule has 15 heavy (non-hydrogen) atoms. The van der Waals surface area contributed by atoms with Gasteiger partial charge in [0.1, 0.15) is 5.84 Å². The van der Waals surface area contributed by atoms with Crippen molar-refractivity contribution in [2.45, 2.75) is 12.8 Å². The SMILES string of the molecule is N/C(CCCN1CCS(=O)(=O)CC1)=N\O. The highest BCUT2D eigenvalue weighted by molar-refractivity contribution is 7.91. The van der Waals surface area contributed by atoms with Crippen molar-refractivity contribution < 1.29 is 13.6 Å². The van der Waals surface area contributed by atoms with Crippen LogP contribution in [0.5, 0.6) is 0 Å². The summed E-state index contributed by atoms with van der Waals surface area (Å²) in [5.41, 5.74) is 5.32. The molecule has 6 nitrogen and oxygen atoms in total. The van der Waals surface area contributed by atoms with Gasteiger partial charge in [0.05, 0.1) is 11.5 Å². The van der Waals surface area contributed by atoms with Gasteiger partial charge >= 0.3 is 0 Å². The molecule has 1 heterocycles. The fourth-order valence-corrected chi connectivity index (χ4v) is 2.78. The van der Waals surface area contributed by atoms with Gasteiger partial charge < -0.3 is 15.8 Å². The Balaban J connectivity index is 2.19. The van der Waals surface area contributed by atoms with E-state index in [0.29, 0.717) is 19.5 Å². The summed E-state index contributed by atoms with van der Waals surface area (Å²) in [6.45, 7) is 1.99. The maximum atomic E-state index is 11.1. The third kappa shape index (κ3) is 4.48. The maximum absolute atomic E-state index is 11.1. The first kappa shape index (κ1) is 12.3. The van der Waals surface area contributed by atoms with Gasteiger partial charge in [-0.15, -0.1) is 0 Å². The quantitative estimate of drug-likeness (QED) is 0.289. The van der Waals surface area contributed by atoms with Crippen molar-refractivity contribution in [1.29, 1.82) is 0 Å². The molecule has 7 heteroatoms. The highest BCUT2D eigenvalue weighted by Gasteiger charge is 2.20. The molecule has 1 aliphatic heterocycles. The van der Waals surface area contributed by atoms with Crippen molar-refractivity contribution in [3.63, 3.8) is 0 Å². The van der Waals surface area contributed by atoms with Crippen molar-refractivity contribution >= 4 is 15.7 Å². The van der Waals surface area contributed by atoms with E-state index in [9.17, 15) is 8.42 Å². The predicted molar refractivity (Wildman–Crippen MR) is 57.7 cm³/mol. The summed E-state index contributed by atoms with van der Waals surface area (Å²) in [7, 11) is -2.79. The molecule has 1 fully saturated rings. The van der Waals surface area contributed by atoms with E-state index < -0.39 is 9.84 Å². The molecule has 1 saturated heterocycles. The minimum Gasteiger partial charge on any atom is -0.409 e. The molecule has 0 amide bonds. The summed E-state index contributed by atoms with van der Waals surface area (Å²) in [5, 5.41) is 11.2. The Labute approximate surface area is 89.7 Å². The third-order valence-electron chi connectivity index (χ3n) is 2.47. The fourth-order valence-electron chi connectivity index (χ4n) is 1.51. The number of amidine groups is 1. The summed E-state index contributed by atoms with van der Waals surface area (Å²) >= 11 is 0. The Bertz CT molecular complexity index is 312. The fraction of sp³-hybridized carbons (Fsp3) is 0.875. The molecule has 0 unspecified atom stereocenters. The molecule has 0 bridgehead atoms. The molecular weight excluding hydrogens is 218 g/mol. The van der Waals surface area contributed by atoms with Crippen LogP contribution in [0.1, 0.15) is 12.8 Å². The van der Waals surface area contributed by atoms with E-state index in [2.05, 4.69) is 10.1 Å². The molecular formula is C8H17N3O3S. The van der Waals surface area contributed by atoms with Gasteiger partial charge in [-0.2, -0.15) is 0 Å². The van der Waals surface area contributed by atoms with Crippen LogP contribution in [-0.2, 0) is 9.84 Å². The zero-order chi connectivity index (χ0) is 11.3. The van der Waals surface area contributed by atoms with Crippen molar-refractivity contribution in [2.75, 3.05) is 31.1 Å².